The lowest BCUT2D eigenvalue weighted by atomic mass is 9.93. The van der Waals surface area contributed by atoms with Crippen LogP contribution in [0.2, 0.25) is 0 Å². The summed E-state index contributed by atoms with van der Waals surface area (Å²) < 4.78 is 0. The largest absolute Gasteiger partial charge is 0.0651 e. The summed E-state index contributed by atoms with van der Waals surface area (Å²) in [6.07, 6.45) is 3.49. The van der Waals surface area contributed by atoms with Crippen molar-refractivity contribution in [2.24, 2.45) is 0 Å². The highest BCUT2D eigenvalue weighted by atomic mass is 14.1. The van der Waals surface area contributed by atoms with E-state index in [-0.39, 0.29) is 0 Å². The Morgan fingerprint density at radius 2 is 1.03 bits per heavy atom. The van der Waals surface area contributed by atoms with Gasteiger partial charge in [0.25, 0.3) is 0 Å². The highest BCUT2D eigenvalue weighted by Gasteiger charge is 2.06. The van der Waals surface area contributed by atoms with E-state index in [1.807, 2.05) is 0 Å². The van der Waals surface area contributed by atoms with Crippen molar-refractivity contribution in [3.63, 3.8) is 0 Å². The molecule has 0 heterocycles. The molecule has 0 N–H and O–H groups in total. The van der Waals surface area contributed by atoms with Gasteiger partial charge in [0.1, 0.15) is 0 Å². The van der Waals surface area contributed by atoms with Crippen LogP contribution in [0.1, 0.15) is 50.7 Å². The van der Waals surface area contributed by atoms with Gasteiger partial charge < -0.3 is 0 Å². The van der Waals surface area contributed by atoms with Gasteiger partial charge in [-0.25, -0.2) is 0 Å². The lowest BCUT2D eigenvalue weighted by Crippen LogP contribution is -1.91. The molecular formula is C31H32. The van der Waals surface area contributed by atoms with Crippen molar-refractivity contribution in [1.29, 1.82) is 0 Å². The van der Waals surface area contributed by atoms with Gasteiger partial charge in [0.2, 0.25) is 0 Å². The third-order valence-electron chi connectivity index (χ3n) is 6.30. The van der Waals surface area contributed by atoms with Crippen molar-refractivity contribution in [3.8, 4) is 33.4 Å². The third kappa shape index (κ3) is 4.97. The van der Waals surface area contributed by atoms with Crippen molar-refractivity contribution >= 4 is 0 Å². The van der Waals surface area contributed by atoms with Crippen LogP contribution in [-0.2, 0) is 6.42 Å². The van der Waals surface area contributed by atoms with E-state index in [9.17, 15) is 0 Å². The fourth-order valence-corrected chi connectivity index (χ4v) is 4.17. The Hall–Kier alpha value is -3.12. The van der Waals surface area contributed by atoms with Crippen LogP contribution in [0.25, 0.3) is 33.4 Å². The minimum absolute atomic E-state index is 0.598. The molecule has 156 valence electrons. The Balaban J connectivity index is 1.54. The van der Waals surface area contributed by atoms with Crippen LogP contribution in [0.15, 0.2) is 97.1 Å². The normalized spacial score (nSPS) is 12.0. The van der Waals surface area contributed by atoms with Gasteiger partial charge in [-0.15, -0.1) is 0 Å². The molecule has 0 saturated carbocycles. The highest BCUT2D eigenvalue weighted by Crippen LogP contribution is 2.29. The van der Waals surface area contributed by atoms with Crippen LogP contribution in [0, 0.1) is 0 Å². The molecule has 0 heteroatoms. The van der Waals surface area contributed by atoms with Crippen LogP contribution in [0.5, 0.6) is 0 Å². The molecule has 1 atom stereocenters. The molecule has 0 saturated heterocycles. The van der Waals surface area contributed by atoms with Crippen LogP contribution in [-0.4, -0.2) is 0 Å². The van der Waals surface area contributed by atoms with E-state index >= 15 is 0 Å². The fraction of sp³-hybridized carbons (Fsp3) is 0.226. The molecule has 0 spiro atoms. The maximum absolute atomic E-state index is 2.34. The van der Waals surface area contributed by atoms with Crippen molar-refractivity contribution in [3.05, 3.63) is 108 Å². The smallest absolute Gasteiger partial charge is 0.0181 e. The number of aryl methyl sites for hydroxylation is 1. The lowest BCUT2D eigenvalue weighted by Gasteiger charge is -2.11. The number of hydrogen-bond acceptors (Lipinski definition) is 0. The summed E-state index contributed by atoms with van der Waals surface area (Å²) in [6.45, 7) is 6.78. The quantitative estimate of drug-likeness (QED) is 0.288. The van der Waals surface area contributed by atoms with Gasteiger partial charge in [0.05, 0.1) is 0 Å². The summed E-state index contributed by atoms with van der Waals surface area (Å²) in [5, 5.41) is 0. The first-order valence-corrected chi connectivity index (χ1v) is 11.6. The van der Waals surface area contributed by atoms with E-state index < -0.39 is 0 Å². The molecule has 0 aliphatic heterocycles. The third-order valence-corrected chi connectivity index (χ3v) is 6.30. The predicted octanol–water partition coefficient (Wildman–Crippen LogP) is 9.15. The summed E-state index contributed by atoms with van der Waals surface area (Å²) in [4.78, 5) is 0. The van der Waals surface area contributed by atoms with Gasteiger partial charge in [0.15, 0.2) is 0 Å². The predicted molar refractivity (Wildman–Crippen MR) is 135 cm³/mol. The summed E-state index contributed by atoms with van der Waals surface area (Å²) in [5.41, 5.74) is 10.5. The Kier molecular flexibility index (Phi) is 6.67. The molecule has 0 aromatic heterocycles. The van der Waals surface area contributed by atoms with Crippen LogP contribution in [0.3, 0.4) is 0 Å². The van der Waals surface area contributed by atoms with Gasteiger partial charge in [-0.2, -0.15) is 0 Å². The maximum atomic E-state index is 2.34. The monoisotopic (exact) mass is 404 g/mol. The molecule has 0 amide bonds. The Labute approximate surface area is 187 Å². The first-order chi connectivity index (χ1) is 15.2. The molecule has 4 rings (SSSR count). The minimum atomic E-state index is 0.598. The first-order valence-electron chi connectivity index (χ1n) is 11.6. The lowest BCUT2D eigenvalue weighted by molar-refractivity contribution is 0.734. The van der Waals surface area contributed by atoms with Crippen LogP contribution >= 0.6 is 0 Å². The molecule has 4 aromatic rings. The fourth-order valence-electron chi connectivity index (χ4n) is 4.17. The zero-order valence-electron chi connectivity index (χ0n) is 18.9. The van der Waals surface area contributed by atoms with Gasteiger partial charge >= 0.3 is 0 Å². The van der Waals surface area contributed by atoms with E-state index in [1.54, 1.807) is 0 Å². The highest BCUT2D eigenvalue weighted by molar-refractivity contribution is 5.73. The summed E-state index contributed by atoms with van der Waals surface area (Å²) in [7, 11) is 0. The topological polar surface area (TPSA) is 0 Å². The van der Waals surface area contributed by atoms with Crippen LogP contribution in [0.4, 0.5) is 0 Å². The number of hydrogen-bond donors (Lipinski definition) is 0. The molecule has 0 nitrogen and oxygen atoms in total. The molecule has 0 aliphatic rings. The van der Waals surface area contributed by atoms with Crippen LogP contribution < -0.4 is 0 Å². The molecule has 0 bridgehead atoms. The number of rotatable bonds is 7. The average molecular weight is 405 g/mol. The molecule has 0 aliphatic carbocycles. The van der Waals surface area contributed by atoms with E-state index in [0.29, 0.717) is 5.92 Å². The summed E-state index contributed by atoms with van der Waals surface area (Å²) in [5.74, 6) is 0.598. The summed E-state index contributed by atoms with van der Waals surface area (Å²) >= 11 is 0. The molecule has 0 fully saturated rings. The second kappa shape index (κ2) is 9.79. The van der Waals surface area contributed by atoms with Gasteiger partial charge in [0, 0.05) is 0 Å². The van der Waals surface area contributed by atoms with Crippen molar-refractivity contribution in [2.45, 2.75) is 46.0 Å². The molecule has 0 radical (unpaired) electrons. The molecule has 4 aromatic carbocycles. The van der Waals surface area contributed by atoms with E-state index in [1.165, 1.54) is 57.3 Å². The van der Waals surface area contributed by atoms with Crippen molar-refractivity contribution in [2.75, 3.05) is 0 Å². The zero-order chi connectivity index (χ0) is 21.6. The van der Waals surface area contributed by atoms with Gasteiger partial charge in [-0.1, -0.05) is 124 Å². The SMILES string of the molecule is CCCc1cccc(-c2ccc(-c3ccc(-c4cccc(C(C)CC)c4)cc3)cc2)c1. The Morgan fingerprint density at radius 3 is 1.55 bits per heavy atom. The molecule has 1 unspecified atom stereocenters. The van der Waals surface area contributed by atoms with Crippen molar-refractivity contribution in [1.82, 2.24) is 0 Å². The van der Waals surface area contributed by atoms with Gasteiger partial charge in [-0.3, -0.25) is 0 Å². The van der Waals surface area contributed by atoms with E-state index in [2.05, 4.69) is 118 Å². The standard InChI is InChI=1S/C31H32/c1-4-8-24-9-6-11-30(21-24)27-17-13-25(14-18-27)26-15-19-28(20-16-26)31-12-7-10-29(22-31)23(3)5-2/h6-7,9-23H,4-5,8H2,1-3H3. The maximum Gasteiger partial charge on any atom is -0.0181 e. The Bertz CT molecular complexity index is 1120. The first kappa shape index (κ1) is 21.1. The average Bonchev–Trinajstić information content (AvgIpc) is 2.84. The van der Waals surface area contributed by atoms with Gasteiger partial charge in [-0.05, 0) is 63.3 Å². The van der Waals surface area contributed by atoms with Crippen molar-refractivity contribution < 1.29 is 0 Å². The summed E-state index contributed by atoms with van der Waals surface area (Å²) in [6, 6.07) is 35.8. The zero-order valence-corrected chi connectivity index (χ0v) is 18.9. The molecular weight excluding hydrogens is 372 g/mol. The second-order valence-corrected chi connectivity index (χ2v) is 8.54. The number of benzene rings is 4. The van der Waals surface area contributed by atoms with E-state index in [4.69, 9.17) is 0 Å². The van der Waals surface area contributed by atoms with E-state index in [0.717, 1.165) is 6.42 Å². The minimum Gasteiger partial charge on any atom is -0.0651 e. The Morgan fingerprint density at radius 1 is 0.548 bits per heavy atom. The second-order valence-electron chi connectivity index (χ2n) is 8.54. The molecule has 31 heavy (non-hydrogen) atoms.